The maximum Gasteiger partial charge on any atom is 0.159 e. The van der Waals surface area contributed by atoms with E-state index < -0.39 is 0 Å². The molecule has 0 bridgehead atoms. The fourth-order valence-electron chi connectivity index (χ4n) is 3.67. The molecule has 0 saturated heterocycles. The van der Waals surface area contributed by atoms with Crippen LogP contribution in [0.5, 0.6) is 17.2 Å². The highest BCUT2D eigenvalue weighted by atomic mass is 16.5. The van der Waals surface area contributed by atoms with E-state index in [9.17, 15) is 4.79 Å². The summed E-state index contributed by atoms with van der Waals surface area (Å²) in [7, 11) is 3.92. The van der Waals surface area contributed by atoms with Crippen molar-refractivity contribution in [3.05, 3.63) is 90.8 Å². The second-order valence-electron chi connectivity index (χ2n) is 8.50. The summed E-state index contributed by atoms with van der Waals surface area (Å²) in [6, 6.07) is 21.1. The van der Waals surface area contributed by atoms with E-state index >= 15 is 0 Å². The van der Waals surface area contributed by atoms with Crippen LogP contribution in [0.4, 0.5) is 11.5 Å². The molecule has 0 radical (unpaired) electrons. The van der Waals surface area contributed by atoms with Crippen molar-refractivity contribution < 1.29 is 14.3 Å². The first kappa shape index (κ1) is 24.9. The summed E-state index contributed by atoms with van der Waals surface area (Å²) >= 11 is 0. The number of rotatable bonds is 11. The van der Waals surface area contributed by atoms with E-state index in [0.717, 1.165) is 33.7 Å². The van der Waals surface area contributed by atoms with Crippen molar-refractivity contribution >= 4 is 28.2 Å². The molecule has 7 nitrogen and oxygen atoms in total. The first-order valence-corrected chi connectivity index (χ1v) is 11.9. The highest BCUT2D eigenvalue weighted by Gasteiger charge is 2.13. The van der Waals surface area contributed by atoms with Gasteiger partial charge in [0.2, 0.25) is 0 Å². The first-order valence-electron chi connectivity index (χ1n) is 11.9. The van der Waals surface area contributed by atoms with Gasteiger partial charge in [-0.1, -0.05) is 24.3 Å². The average Bonchev–Trinajstić information content (AvgIpc) is 2.86. The predicted octanol–water partition coefficient (Wildman–Crippen LogP) is 5.79. The molecular formula is C29H30N4O3. The van der Waals surface area contributed by atoms with Gasteiger partial charge in [0.05, 0.1) is 12.1 Å². The van der Waals surface area contributed by atoms with Crippen molar-refractivity contribution in [2.24, 2.45) is 0 Å². The molecular weight excluding hydrogens is 452 g/mol. The highest BCUT2D eigenvalue weighted by Crippen LogP contribution is 2.31. The van der Waals surface area contributed by atoms with Crippen molar-refractivity contribution in [3.63, 3.8) is 0 Å². The molecule has 0 aliphatic heterocycles. The quantitative estimate of drug-likeness (QED) is 0.271. The van der Waals surface area contributed by atoms with Gasteiger partial charge in [0.1, 0.15) is 29.4 Å². The normalized spacial score (nSPS) is 11.2. The van der Waals surface area contributed by atoms with Gasteiger partial charge in [0, 0.05) is 35.7 Å². The Labute approximate surface area is 211 Å². The molecule has 3 aromatic carbocycles. The van der Waals surface area contributed by atoms with Crippen molar-refractivity contribution in [3.8, 4) is 17.2 Å². The summed E-state index contributed by atoms with van der Waals surface area (Å²) in [6.07, 6.45) is 5.24. The van der Waals surface area contributed by atoms with Gasteiger partial charge in [-0.15, -0.1) is 0 Å². The number of benzene rings is 3. The lowest BCUT2D eigenvalue weighted by Crippen LogP contribution is -2.11. The minimum absolute atomic E-state index is 0.0116. The number of allylic oxidation sites excluding steroid dienone is 1. The van der Waals surface area contributed by atoms with E-state index in [-0.39, 0.29) is 12.2 Å². The Hall–Kier alpha value is -4.23. The van der Waals surface area contributed by atoms with Gasteiger partial charge in [0.15, 0.2) is 5.78 Å². The fraction of sp³-hybridized carbons (Fsp3) is 0.207. The zero-order valence-electron chi connectivity index (χ0n) is 20.8. The van der Waals surface area contributed by atoms with Crippen LogP contribution < -0.4 is 14.8 Å². The van der Waals surface area contributed by atoms with Crippen LogP contribution in [0.25, 0.3) is 10.9 Å². The summed E-state index contributed by atoms with van der Waals surface area (Å²) in [5.74, 6) is 2.84. The maximum absolute atomic E-state index is 12.6. The second kappa shape index (κ2) is 12.0. The van der Waals surface area contributed by atoms with Gasteiger partial charge in [-0.25, -0.2) is 9.97 Å². The molecule has 0 fully saturated rings. The third kappa shape index (κ3) is 6.67. The van der Waals surface area contributed by atoms with E-state index in [2.05, 4.69) is 15.3 Å². The molecule has 0 atom stereocenters. The molecule has 4 rings (SSSR count). The number of para-hydroxylation sites is 1. The number of aromatic nitrogens is 2. The number of nitrogens with zero attached hydrogens (tertiary/aromatic N) is 3. The van der Waals surface area contributed by atoms with Crippen LogP contribution in [0, 0.1) is 0 Å². The smallest absolute Gasteiger partial charge is 0.159 e. The lowest BCUT2D eigenvalue weighted by molar-refractivity contribution is -0.114. The van der Waals surface area contributed by atoms with Gasteiger partial charge < -0.3 is 19.7 Å². The molecule has 0 unspecified atom stereocenters. The minimum atomic E-state index is 0.0116. The lowest BCUT2D eigenvalue weighted by Gasteiger charge is -2.14. The zero-order valence-corrected chi connectivity index (χ0v) is 20.8. The van der Waals surface area contributed by atoms with E-state index in [0.29, 0.717) is 24.7 Å². The number of ether oxygens (including phenoxy) is 2. The first-order chi connectivity index (χ1) is 17.5. The molecule has 0 amide bonds. The molecule has 4 aromatic rings. The average molecular weight is 483 g/mol. The minimum Gasteiger partial charge on any atom is -0.494 e. The van der Waals surface area contributed by atoms with Crippen LogP contribution in [-0.4, -0.2) is 47.9 Å². The number of likely N-dealkylation sites (N-methyl/N-ethyl adjacent to an activating group) is 1. The summed E-state index contributed by atoms with van der Waals surface area (Å²) in [4.78, 5) is 23.5. The Bertz CT molecular complexity index is 1340. The van der Waals surface area contributed by atoms with E-state index in [1.165, 1.54) is 6.33 Å². The molecule has 36 heavy (non-hydrogen) atoms. The Morgan fingerprint density at radius 3 is 2.47 bits per heavy atom. The van der Waals surface area contributed by atoms with Crippen molar-refractivity contribution in [2.45, 2.75) is 13.3 Å². The topological polar surface area (TPSA) is 76.6 Å². The summed E-state index contributed by atoms with van der Waals surface area (Å²) < 4.78 is 11.7. The highest BCUT2D eigenvalue weighted by molar-refractivity contribution is 5.96. The molecule has 0 spiro atoms. The number of anilines is 2. The van der Waals surface area contributed by atoms with Gasteiger partial charge >= 0.3 is 0 Å². The van der Waals surface area contributed by atoms with Crippen LogP contribution in [0.2, 0.25) is 0 Å². The van der Waals surface area contributed by atoms with E-state index in [1.54, 1.807) is 6.08 Å². The molecule has 7 heteroatoms. The number of hydrogen-bond donors (Lipinski definition) is 1. The Balaban J connectivity index is 1.57. The zero-order chi connectivity index (χ0) is 25.3. The van der Waals surface area contributed by atoms with Gasteiger partial charge in [0.25, 0.3) is 0 Å². The fourth-order valence-corrected chi connectivity index (χ4v) is 3.67. The van der Waals surface area contributed by atoms with E-state index in [4.69, 9.17) is 9.47 Å². The molecule has 0 aliphatic carbocycles. The Morgan fingerprint density at radius 1 is 1.00 bits per heavy atom. The second-order valence-corrected chi connectivity index (χ2v) is 8.50. The summed E-state index contributed by atoms with van der Waals surface area (Å²) in [5.41, 5.74) is 2.39. The van der Waals surface area contributed by atoms with E-state index in [1.807, 2.05) is 98.7 Å². The number of carbonyl (C=O) groups is 1. The van der Waals surface area contributed by atoms with Crippen LogP contribution in [0.3, 0.4) is 0 Å². The van der Waals surface area contributed by atoms with Crippen LogP contribution in [0.15, 0.2) is 85.2 Å². The summed E-state index contributed by atoms with van der Waals surface area (Å²) in [6.45, 7) is 3.13. The van der Waals surface area contributed by atoms with Gasteiger partial charge in [-0.2, -0.15) is 0 Å². The SMILES string of the molecule is CCOc1cc2ncnc(Nc3ccc(Oc4ccccc4)cc3)c2cc1CC(=O)/C=C/CN(C)C. The number of carbonyl (C=O) groups excluding carboxylic acids is 1. The number of hydrogen-bond acceptors (Lipinski definition) is 7. The van der Waals surface area contributed by atoms with Gasteiger partial charge in [-0.3, -0.25) is 4.79 Å². The molecule has 0 saturated carbocycles. The van der Waals surface area contributed by atoms with Crippen molar-refractivity contribution in [2.75, 3.05) is 32.6 Å². The number of ketones is 1. The monoisotopic (exact) mass is 482 g/mol. The molecule has 0 aliphatic rings. The number of fused-ring (bicyclic) bond motifs is 1. The molecule has 1 N–H and O–H groups in total. The van der Waals surface area contributed by atoms with Crippen molar-refractivity contribution in [1.29, 1.82) is 0 Å². The van der Waals surface area contributed by atoms with Crippen LogP contribution in [0.1, 0.15) is 12.5 Å². The largest absolute Gasteiger partial charge is 0.494 e. The standard InChI is InChI=1S/C29H30N4O3/c1-4-35-28-19-27-26(18-21(28)17-23(34)9-8-16-33(2)3)29(31-20-30-27)32-22-12-14-25(15-13-22)36-24-10-6-5-7-11-24/h5-15,18-20H,4,16-17H2,1-3H3,(H,30,31,32)/b9-8+. The van der Waals surface area contributed by atoms with Crippen molar-refractivity contribution in [1.82, 2.24) is 14.9 Å². The Morgan fingerprint density at radius 2 is 1.75 bits per heavy atom. The summed E-state index contributed by atoms with van der Waals surface area (Å²) in [5, 5.41) is 4.18. The lowest BCUT2D eigenvalue weighted by atomic mass is 10.0. The van der Waals surface area contributed by atoms with Crippen LogP contribution >= 0.6 is 0 Å². The van der Waals surface area contributed by atoms with Crippen LogP contribution in [-0.2, 0) is 11.2 Å². The third-order valence-corrected chi connectivity index (χ3v) is 5.35. The number of nitrogens with one attached hydrogen (secondary N) is 1. The molecule has 1 heterocycles. The maximum atomic E-state index is 12.6. The molecule has 1 aromatic heterocycles. The Kier molecular flexibility index (Phi) is 8.26. The third-order valence-electron chi connectivity index (χ3n) is 5.35. The van der Waals surface area contributed by atoms with Gasteiger partial charge in [-0.05, 0) is 69.6 Å². The predicted molar refractivity (Wildman–Crippen MR) is 143 cm³/mol. The molecule has 184 valence electrons.